The highest BCUT2D eigenvalue weighted by Gasteiger charge is 2.29. The lowest BCUT2D eigenvalue weighted by atomic mass is 10.0. The van der Waals surface area contributed by atoms with Crippen LogP contribution < -0.4 is 5.32 Å². The van der Waals surface area contributed by atoms with Crippen LogP contribution in [0.4, 0.5) is 4.39 Å². The van der Waals surface area contributed by atoms with Gasteiger partial charge >= 0.3 is 0 Å². The molecule has 0 radical (unpaired) electrons. The number of halogens is 1. The van der Waals surface area contributed by atoms with Crippen molar-refractivity contribution in [2.75, 3.05) is 11.5 Å². The summed E-state index contributed by atoms with van der Waals surface area (Å²) in [5, 5.41) is 3.26. The zero-order chi connectivity index (χ0) is 13.2. The van der Waals surface area contributed by atoms with E-state index in [0.29, 0.717) is 12.0 Å². The lowest BCUT2D eigenvalue weighted by molar-refractivity contribution is 0.434. The first-order valence-corrected chi connectivity index (χ1v) is 8.05. The molecule has 0 aliphatic carbocycles. The predicted molar refractivity (Wildman–Crippen MR) is 69.6 cm³/mol. The predicted octanol–water partition coefficient (Wildman–Crippen LogP) is 2.05. The Balaban J connectivity index is 2.09. The molecule has 100 valence electrons. The molecule has 1 saturated heterocycles. The molecule has 2 unspecified atom stereocenters. The van der Waals surface area contributed by atoms with Gasteiger partial charge in [0, 0.05) is 17.6 Å². The molecule has 2 rings (SSSR count). The molecule has 1 aromatic rings. The number of hydrogen-bond donors (Lipinski definition) is 1. The summed E-state index contributed by atoms with van der Waals surface area (Å²) in [6.45, 7) is 1.97. The smallest absolute Gasteiger partial charge is 0.151 e. The van der Waals surface area contributed by atoms with Crippen molar-refractivity contribution in [1.29, 1.82) is 0 Å². The standard InChI is InChI=1S/C13H18FNO2S/c1-2-13(11-5-3-4-6-12(11)14)15-10-7-8-18(16,17)9-10/h3-6,10,13,15H,2,7-9H2,1H3. The summed E-state index contributed by atoms with van der Waals surface area (Å²) in [7, 11) is -2.90. The van der Waals surface area contributed by atoms with Crippen molar-refractivity contribution in [2.24, 2.45) is 0 Å². The maximum Gasteiger partial charge on any atom is 0.151 e. The molecule has 1 fully saturated rings. The number of sulfone groups is 1. The Hall–Kier alpha value is -0.940. The first-order chi connectivity index (χ1) is 8.52. The average molecular weight is 271 g/mol. The van der Waals surface area contributed by atoms with Crippen LogP contribution >= 0.6 is 0 Å². The van der Waals surface area contributed by atoms with E-state index >= 15 is 0 Å². The van der Waals surface area contributed by atoms with Crippen LogP contribution in [0.3, 0.4) is 0 Å². The first kappa shape index (κ1) is 13.5. The van der Waals surface area contributed by atoms with Gasteiger partial charge in [-0.3, -0.25) is 0 Å². The number of benzene rings is 1. The molecule has 1 N–H and O–H groups in total. The van der Waals surface area contributed by atoms with Gasteiger partial charge in [0.1, 0.15) is 5.82 Å². The number of nitrogens with one attached hydrogen (secondary N) is 1. The van der Waals surface area contributed by atoms with Crippen LogP contribution in [0.15, 0.2) is 24.3 Å². The van der Waals surface area contributed by atoms with Crippen molar-refractivity contribution in [3.63, 3.8) is 0 Å². The molecule has 0 amide bonds. The Morgan fingerprint density at radius 2 is 2.17 bits per heavy atom. The first-order valence-electron chi connectivity index (χ1n) is 6.22. The van der Waals surface area contributed by atoms with Crippen LogP contribution in [0.2, 0.25) is 0 Å². The summed E-state index contributed by atoms with van der Waals surface area (Å²) in [4.78, 5) is 0. The fraction of sp³-hybridized carbons (Fsp3) is 0.538. The van der Waals surface area contributed by atoms with E-state index in [9.17, 15) is 12.8 Å². The Labute approximate surface area is 107 Å². The summed E-state index contributed by atoms with van der Waals surface area (Å²) in [6, 6.07) is 6.47. The summed E-state index contributed by atoms with van der Waals surface area (Å²) in [6.07, 6.45) is 1.35. The topological polar surface area (TPSA) is 46.2 Å². The van der Waals surface area contributed by atoms with Gasteiger partial charge in [0.15, 0.2) is 9.84 Å². The molecule has 3 nitrogen and oxygen atoms in total. The lowest BCUT2D eigenvalue weighted by Crippen LogP contribution is -2.33. The lowest BCUT2D eigenvalue weighted by Gasteiger charge is -2.21. The minimum Gasteiger partial charge on any atom is -0.306 e. The second-order valence-electron chi connectivity index (χ2n) is 4.75. The van der Waals surface area contributed by atoms with Crippen LogP contribution in [0.5, 0.6) is 0 Å². The molecule has 1 aliphatic heterocycles. The van der Waals surface area contributed by atoms with Gasteiger partial charge in [0.2, 0.25) is 0 Å². The number of rotatable bonds is 4. The zero-order valence-electron chi connectivity index (χ0n) is 10.4. The van der Waals surface area contributed by atoms with E-state index in [2.05, 4.69) is 5.32 Å². The van der Waals surface area contributed by atoms with Crippen molar-refractivity contribution < 1.29 is 12.8 Å². The van der Waals surface area contributed by atoms with Crippen molar-refractivity contribution in [1.82, 2.24) is 5.32 Å². The second kappa shape index (κ2) is 5.36. The third kappa shape index (κ3) is 3.09. The molecule has 1 heterocycles. The van der Waals surface area contributed by atoms with E-state index in [-0.39, 0.29) is 29.4 Å². The van der Waals surface area contributed by atoms with E-state index in [4.69, 9.17) is 0 Å². The van der Waals surface area contributed by atoms with Gasteiger partial charge in [-0.15, -0.1) is 0 Å². The average Bonchev–Trinajstić information content (AvgIpc) is 2.67. The number of hydrogen-bond acceptors (Lipinski definition) is 3. The summed E-state index contributed by atoms with van der Waals surface area (Å²) in [5.41, 5.74) is 0.615. The van der Waals surface area contributed by atoms with E-state index in [1.54, 1.807) is 18.2 Å². The molecule has 1 aliphatic rings. The van der Waals surface area contributed by atoms with Gasteiger partial charge in [-0.2, -0.15) is 0 Å². The van der Waals surface area contributed by atoms with Gasteiger partial charge in [-0.25, -0.2) is 12.8 Å². The molecule has 0 aromatic heterocycles. The van der Waals surface area contributed by atoms with Crippen LogP contribution in [0, 0.1) is 5.82 Å². The Morgan fingerprint density at radius 1 is 1.44 bits per heavy atom. The molecule has 0 bridgehead atoms. The molecule has 0 saturated carbocycles. The molecule has 2 atom stereocenters. The maximum atomic E-state index is 13.7. The molecule has 0 spiro atoms. The zero-order valence-corrected chi connectivity index (χ0v) is 11.2. The quantitative estimate of drug-likeness (QED) is 0.911. The summed E-state index contributed by atoms with van der Waals surface area (Å²) in [5.74, 6) is 0.161. The Bertz CT molecular complexity index is 515. The highest BCUT2D eigenvalue weighted by Crippen LogP contribution is 2.22. The van der Waals surface area contributed by atoms with Gasteiger partial charge in [0.25, 0.3) is 0 Å². The van der Waals surface area contributed by atoms with Gasteiger partial charge in [0.05, 0.1) is 11.5 Å². The van der Waals surface area contributed by atoms with Crippen molar-refractivity contribution in [3.8, 4) is 0 Å². The largest absolute Gasteiger partial charge is 0.306 e. The highest BCUT2D eigenvalue weighted by atomic mass is 32.2. The van der Waals surface area contributed by atoms with E-state index in [0.717, 1.165) is 6.42 Å². The molecule has 5 heteroatoms. The summed E-state index contributed by atoms with van der Waals surface area (Å²) >= 11 is 0. The molecular formula is C13H18FNO2S. The molecule has 1 aromatic carbocycles. The maximum absolute atomic E-state index is 13.7. The third-order valence-corrected chi connectivity index (χ3v) is 5.13. The van der Waals surface area contributed by atoms with E-state index in [1.807, 2.05) is 6.92 Å². The van der Waals surface area contributed by atoms with Crippen LogP contribution in [-0.2, 0) is 9.84 Å². The van der Waals surface area contributed by atoms with Gasteiger partial charge in [-0.05, 0) is 18.9 Å². The van der Waals surface area contributed by atoms with Crippen molar-refractivity contribution in [2.45, 2.75) is 31.8 Å². The van der Waals surface area contributed by atoms with E-state index in [1.165, 1.54) is 6.07 Å². The molecule has 18 heavy (non-hydrogen) atoms. The van der Waals surface area contributed by atoms with Crippen LogP contribution in [-0.4, -0.2) is 26.0 Å². The monoisotopic (exact) mass is 271 g/mol. The highest BCUT2D eigenvalue weighted by molar-refractivity contribution is 7.91. The normalized spacial score (nSPS) is 24.0. The fourth-order valence-electron chi connectivity index (χ4n) is 2.40. The van der Waals surface area contributed by atoms with Crippen LogP contribution in [0.25, 0.3) is 0 Å². The minimum absolute atomic E-state index is 0.0560. The summed E-state index contributed by atoms with van der Waals surface area (Å²) < 4.78 is 36.5. The Kier molecular flexibility index (Phi) is 4.02. The Morgan fingerprint density at radius 3 is 2.72 bits per heavy atom. The van der Waals surface area contributed by atoms with Gasteiger partial charge in [-0.1, -0.05) is 25.1 Å². The minimum atomic E-state index is -2.90. The van der Waals surface area contributed by atoms with E-state index < -0.39 is 9.84 Å². The third-order valence-electron chi connectivity index (χ3n) is 3.36. The van der Waals surface area contributed by atoms with Crippen LogP contribution in [0.1, 0.15) is 31.4 Å². The fourth-order valence-corrected chi connectivity index (χ4v) is 4.08. The second-order valence-corrected chi connectivity index (χ2v) is 6.98. The van der Waals surface area contributed by atoms with Gasteiger partial charge < -0.3 is 5.32 Å². The van der Waals surface area contributed by atoms with Crippen molar-refractivity contribution in [3.05, 3.63) is 35.6 Å². The SMILES string of the molecule is CCC(NC1CCS(=O)(=O)C1)c1ccccc1F. The molecular weight excluding hydrogens is 253 g/mol. The van der Waals surface area contributed by atoms with Crippen molar-refractivity contribution >= 4 is 9.84 Å².